The van der Waals surface area contributed by atoms with Crippen LogP contribution in [-0.2, 0) is 0 Å². The summed E-state index contributed by atoms with van der Waals surface area (Å²) in [5.74, 6) is -0.470. The highest BCUT2D eigenvalue weighted by molar-refractivity contribution is 8.00. The van der Waals surface area contributed by atoms with Crippen LogP contribution in [0.2, 0.25) is 0 Å². The summed E-state index contributed by atoms with van der Waals surface area (Å²) in [7, 11) is 0. The van der Waals surface area contributed by atoms with Crippen molar-refractivity contribution in [2.24, 2.45) is 0 Å². The summed E-state index contributed by atoms with van der Waals surface area (Å²) in [4.78, 5) is 25.1. The summed E-state index contributed by atoms with van der Waals surface area (Å²) in [5.41, 5.74) is -4.08. The monoisotopic (exact) mass is 314 g/mol. The first-order valence-electron chi connectivity index (χ1n) is 5.69. The number of benzene rings is 1. The molecule has 2 N–H and O–H groups in total. The number of halogens is 3. The molecule has 1 aromatic carbocycles. The van der Waals surface area contributed by atoms with Crippen LogP contribution in [0.5, 0.6) is 0 Å². The molecule has 0 aliphatic heterocycles. The molecule has 110 valence electrons. The summed E-state index contributed by atoms with van der Waals surface area (Å²) < 4.78 is 36.5. The first-order valence-corrected chi connectivity index (χ1v) is 6.51. The molecule has 0 aliphatic carbocycles. The van der Waals surface area contributed by atoms with Gasteiger partial charge in [0.05, 0.1) is 5.56 Å². The fraction of sp³-hybridized carbons (Fsp3) is 0.0769. The summed E-state index contributed by atoms with van der Waals surface area (Å²) in [6.45, 7) is 0. The van der Waals surface area contributed by atoms with Gasteiger partial charge in [-0.05, 0) is 42.1 Å². The van der Waals surface area contributed by atoms with Crippen molar-refractivity contribution < 1.29 is 18.0 Å². The Morgan fingerprint density at radius 1 is 1.10 bits per heavy atom. The number of aromatic nitrogens is 1. The second kappa shape index (κ2) is 6.04. The van der Waals surface area contributed by atoms with Crippen LogP contribution in [0.15, 0.2) is 52.3 Å². The molecule has 0 fully saturated rings. The highest BCUT2D eigenvalue weighted by Gasteiger charge is 2.29. The highest BCUT2D eigenvalue weighted by Crippen LogP contribution is 2.37. The third kappa shape index (κ3) is 4.67. The van der Waals surface area contributed by atoms with Gasteiger partial charge in [-0.25, -0.2) is 0 Å². The number of nitrogens with one attached hydrogen (secondary N) is 2. The Bertz CT molecular complexity index is 675. The lowest BCUT2D eigenvalue weighted by molar-refractivity contribution is -0.0328. The van der Waals surface area contributed by atoms with Gasteiger partial charge in [0.15, 0.2) is 0 Å². The number of pyridine rings is 1. The Balaban J connectivity index is 2.04. The molecule has 4 nitrogen and oxygen atoms in total. The average Bonchev–Trinajstić information content (AvgIpc) is 2.40. The predicted octanol–water partition coefficient (Wildman–Crippen LogP) is 3.24. The van der Waals surface area contributed by atoms with Crippen LogP contribution in [0.1, 0.15) is 10.4 Å². The largest absolute Gasteiger partial charge is 0.446 e. The smallest absolute Gasteiger partial charge is 0.328 e. The Morgan fingerprint density at radius 3 is 2.29 bits per heavy atom. The van der Waals surface area contributed by atoms with Crippen LogP contribution < -0.4 is 10.9 Å². The van der Waals surface area contributed by atoms with Crippen LogP contribution in [0, 0.1) is 0 Å². The van der Waals surface area contributed by atoms with Crippen LogP contribution >= 0.6 is 11.8 Å². The molecule has 2 aromatic rings. The molecule has 1 heterocycles. The Morgan fingerprint density at radius 2 is 1.76 bits per heavy atom. The first-order chi connectivity index (χ1) is 9.83. The van der Waals surface area contributed by atoms with E-state index in [1.807, 2.05) is 0 Å². The van der Waals surface area contributed by atoms with Crippen LogP contribution in [0.4, 0.5) is 18.9 Å². The second-order valence-electron chi connectivity index (χ2n) is 3.97. The van der Waals surface area contributed by atoms with Crippen molar-refractivity contribution in [3.8, 4) is 0 Å². The van der Waals surface area contributed by atoms with Crippen molar-refractivity contribution in [2.45, 2.75) is 10.4 Å². The second-order valence-corrected chi connectivity index (χ2v) is 5.11. The van der Waals surface area contributed by atoms with E-state index >= 15 is 0 Å². The molecule has 0 aliphatic rings. The number of carbonyl (C=O) groups is 1. The zero-order valence-corrected chi connectivity index (χ0v) is 11.2. The number of hydrogen-bond acceptors (Lipinski definition) is 3. The first kappa shape index (κ1) is 15.2. The van der Waals surface area contributed by atoms with Gasteiger partial charge in [0.1, 0.15) is 0 Å². The van der Waals surface area contributed by atoms with Gasteiger partial charge in [-0.2, -0.15) is 13.2 Å². The van der Waals surface area contributed by atoms with E-state index in [2.05, 4.69) is 10.3 Å². The molecule has 0 unspecified atom stereocenters. The SMILES string of the molecule is O=C(Nc1ccc(SC(F)(F)F)cc1)c1ccc(=O)[nH]c1. The van der Waals surface area contributed by atoms with E-state index in [0.29, 0.717) is 5.69 Å². The number of alkyl halides is 3. The molecule has 0 radical (unpaired) electrons. The number of hydrogen-bond donors (Lipinski definition) is 2. The van der Waals surface area contributed by atoms with Gasteiger partial charge in [-0.1, -0.05) is 0 Å². The molecular formula is C13H9F3N2O2S. The van der Waals surface area contributed by atoms with E-state index < -0.39 is 11.4 Å². The highest BCUT2D eigenvalue weighted by atomic mass is 32.2. The Labute approximate surface area is 121 Å². The molecule has 0 spiro atoms. The van der Waals surface area contributed by atoms with Crippen LogP contribution in [0.25, 0.3) is 0 Å². The lowest BCUT2D eigenvalue weighted by Crippen LogP contribution is -2.14. The van der Waals surface area contributed by atoms with E-state index in [1.165, 1.54) is 42.6 Å². The molecule has 1 aromatic heterocycles. The summed E-state index contributed by atoms with van der Waals surface area (Å²) >= 11 is -0.226. The zero-order valence-electron chi connectivity index (χ0n) is 10.4. The number of amides is 1. The van der Waals surface area contributed by atoms with Crippen molar-refractivity contribution in [3.63, 3.8) is 0 Å². The number of thioether (sulfide) groups is 1. The average molecular weight is 314 g/mol. The van der Waals surface area contributed by atoms with Crippen molar-refractivity contribution >= 4 is 23.4 Å². The van der Waals surface area contributed by atoms with Gasteiger partial charge in [-0.15, -0.1) is 0 Å². The number of H-pyrrole nitrogens is 1. The molecule has 0 saturated heterocycles. The van der Waals surface area contributed by atoms with E-state index in [0.717, 1.165) is 0 Å². The summed E-state index contributed by atoms with van der Waals surface area (Å²) in [6.07, 6.45) is 1.26. The summed E-state index contributed by atoms with van der Waals surface area (Å²) in [5, 5.41) is 2.52. The van der Waals surface area contributed by atoms with Crippen LogP contribution in [-0.4, -0.2) is 16.4 Å². The van der Waals surface area contributed by atoms with Crippen molar-refractivity contribution in [1.29, 1.82) is 0 Å². The number of rotatable bonds is 3. The summed E-state index contributed by atoms with van der Waals surface area (Å²) in [6, 6.07) is 7.83. The normalized spacial score (nSPS) is 11.2. The minimum absolute atomic E-state index is 0.0320. The number of aromatic amines is 1. The number of carbonyl (C=O) groups excluding carboxylic acids is 1. The van der Waals surface area contributed by atoms with Crippen molar-refractivity contribution in [1.82, 2.24) is 4.98 Å². The lowest BCUT2D eigenvalue weighted by Gasteiger charge is -2.08. The van der Waals surface area contributed by atoms with Crippen molar-refractivity contribution in [2.75, 3.05) is 5.32 Å². The van der Waals surface area contributed by atoms with E-state index in [1.54, 1.807) is 0 Å². The third-order valence-corrected chi connectivity index (χ3v) is 3.13. The van der Waals surface area contributed by atoms with Gasteiger partial charge in [0.25, 0.3) is 5.91 Å². The molecular weight excluding hydrogens is 305 g/mol. The maximum atomic E-state index is 12.2. The number of anilines is 1. The Hall–Kier alpha value is -2.22. The molecule has 0 atom stereocenters. The molecule has 1 amide bonds. The fourth-order valence-electron chi connectivity index (χ4n) is 1.50. The molecule has 8 heteroatoms. The molecule has 21 heavy (non-hydrogen) atoms. The van der Waals surface area contributed by atoms with E-state index in [-0.39, 0.29) is 27.8 Å². The topological polar surface area (TPSA) is 62.0 Å². The van der Waals surface area contributed by atoms with Gasteiger partial charge in [-0.3, -0.25) is 9.59 Å². The zero-order chi connectivity index (χ0) is 15.5. The fourth-order valence-corrected chi connectivity index (χ4v) is 2.03. The van der Waals surface area contributed by atoms with E-state index in [4.69, 9.17) is 0 Å². The Kier molecular flexibility index (Phi) is 4.37. The lowest BCUT2D eigenvalue weighted by atomic mass is 10.2. The van der Waals surface area contributed by atoms with Gasteiger partial charge >= 0.3 is 5.51 Å². The maximum Gasteiger partial charge on any atom is 0.446 e. The predicted molar refractivity (Wildman–Crippen MR) is 73.4 cm³/mol. The third-order valence-electron chi connectivity index (χ3n) is 2.39. The van der Waals surface area contributed by atoms with E-state index in [9.17, 15) is 22.8 Å². The minimum atomic E-state index is -4.35. The standard InChI is InChI=1S/C13H9F3N2O2S/c14-13(15,16)21-10-4-2-9(3-5-10)18-12(20)8-1-6-11(19)17-7-8/h1-7H,(H,17,19)(H,18,20). The molecule has 0 bridgehead atoms. The molecule has 0 saturated carbocycles. The quantitative estimate of drug-likeness (QED) is 0.855. The van der Waals surface area contributed by atoms with Gasteiger partial charge in [0, 0.05) is 22.8 Å². The van der Waals surface area contributed by atoms with Gasteiger partial charge in [0.2, 0.25) is 5.56 Å². The van der Waals surface area contributed by atoms with Gasteiger partial charge < -0.3 is 10.3 Å². The van der Waals surface area contributed by atoms with Crippen LogP contribution in [0.3, 0.4) is 0 Å². The van der Waals surface area contributed by atoms with Crippen molar-refractivity contribution in [3.05, 3.63) is 58.5 Å². The molecule has 2 rings (SSSR count). The minimum Gasteiger partial charge on any atom is -0.328 e. The maximum absolute atomic E-state index is 12.2.